The quantitative estimate of drug-likeness (QED) is 0.569. The smallest absolute Gasteiger partial charge is 0.219 e. The second-order valence-electron chi connectivity index (χ2n) is 2.93. The summed E-state index contributed by atoms with van der Waals surface area (Å²) in [5, 5.41) is 0. The molecule has 2 atom stereocenters. The van der Waals surface area contributed by atoms with Crippen LogP contribution < -0.4 is 0 Å². The number of hydrogen-bond acceptors (Lipinski definition) is 3. The molecular formula is C8H15NO3. The molecule has 1 rings (SSSR count). The minimum atomic E-state index is -0.275. The Labute approximate surface area is 72.4 Å². The van der Waals surface area contributed by atoms with E-state index in [-0.39, 0.29) is 18.2 Å². The van der Waals surface area contributed by atoms with Crippen LogP contribution in [0, 0.1) is 0 Å². The van der Waals surface area contributed by atoms with Crippen molar-refractivity contribution in [2.45, 2.75) is 26.2 Å². The summed E-state index contributed by atoms with van der Waals surface area (Å²) in [5.41, 5.74) is 0. The number of hydrogen-bond donors (Lipinski definition) is 0. The van der Waals surface area contributed by atoms with Crippen LogP contribution in [0.5, 0.6) is 0 Å². The molecule has 4 nitrogen and oxygen atoms in total. The Morgan fingerprint density at radius 2 is 2.33 bits per heavy atom. The summed E-state index contributed by atoms with van der Waals surface area (Å²) in [6, 6.07) is 0.0150. The number of ether oxygens (including phenoxy) is 2. The highest BCUT2D eigenvalue weighted by Gasteiger charge is 2.29. The highest BCUT2D eigenvalue weighted by Crippen LogP contribution is 2.13. The van der Waals surface area contributed by atoms with Gasteiger partial charge in [-0.05, 0) is 6.92 Å². The van der Waals surface area contributed by atoms with Gasteiger partial charge in [0.05, 0.1) is 12.6 Å². The van der Waals surface area contributed by atoms with Crippen molar-refractivity contribution in [3.8, 4) is 0 Å². The lowest BCUT2D eigenvalue weighted by atomic mass is 10.2. The van der Waals surface area contributed by atoms with Crippen LogP contribution >= 0.6 is 0 Å². The third-order valence-electron chi connectivity index (χ3n) is 2.14. The average molecular weight is 173 g/mol. The second-order valence-corrected chi connectivity index (χ2v) is 2.93. The zero-order chi connectivity index (χ0) is 9.14. The molecule has 0 radical (unpaired) electrons. The summed E-state index contributed by atoms with van der Waals surface area (Å²) in [5.74, 6) is 0.0767. The molecule has 0 bridgehead atoms. The monoisotopic (exact) mass is 173 g/mol. The van der Waals surface area contributed by atoms with E-state index < -0.39 is 0 Å². The van der Waals surface area contributed by atoms with Crippen LogP contribution in [0.25, 0.3) is 0 Å². The molecule has 0 aromatic rings. The second kappa shape index (κ2) is 3.87. The molecule has 1 amide bonds. The molecule has 0 spiro atoms. The minimum Gasteiger partial charge on any atom is -0.354 e. The molecular weight excluding hydrogens is 158 g/mol. The molecule has 12 heavy (non-hydrogen) atoms. The van der Waals surface area contributed by atoms with E-state index >= 15 is 0 Å². The fourth-order valence-electron chi connectivity index (χ4n) is 1.47. The summed E-state index contributed by atoms with van der Waals surface area (Å²) in [6.07, 6.45) is -0.275. The molecule has 4 heteroatoms. The van der Waals surface area contributed by atoms with Crippen LogP contribution in [-0.4, -0.2) is 43.4 Å². The van der Waals surface area contributed by atoms with Crippen LogP contribution in [0.1, 0.15) is 13.8 Å². The Balaban J connectivity index is 2.59. The van der Waals surface area contributed by atoms with Gasteiger partial charge in [0.2, 0.25) is 5.91 Å². The van der Waals surface area contributed by atoms with Gasteiger partial charge in [-0.2, -0.15) is 0 Å². The molecule has 0 unspecified atom stereocenters. The van der Waals surface area contributed by atoms with E-state index in [1.807, 2.05) is 6.92 Å². The van der Waals surface area contributed by atoms with Gasteiger partial charge in [0.15, 0.2) is 6.29 Å². The number of rotatable bonds is 1. The standard InChI is InChI=1S/C8H15NO3/c1-6-8(11-3)12-5-4-9(6)7(2)10/h6,8H,4-5H2,1-3H3/t6-,8-/m1/s1. The van der Waals surface area contributed by atoms with E-state index in [4.69, 9.17) is 9.47 Å². The number of morpholine rings is 1. The van der Waals surface area contributed by atoms with Crippen LogP contribution in [0.4, 0.5) is 0 Å². The Bertz CT molecular complexity index is 172. The molecule has 0 aliphatic carbocycles. The first kappa shape index (κ1) is 9.48. The van der Waals surface area contributed by atoms with Gasteiger partial charge in [0.25, 0.3) is 0 Å². The average Bonchev–Trinajstić information content (AvgIpc) is 2.04. The zero-order valence-electron chi connectivity index (χ0n) is 7.74. The highest BCUT2D eigenvalue weighted by atomic mass is 16.7. The van der Waals surface area contributed by atoms with Crippen molar-refractivity contribution < 1.29 is 14.3 Å². The maximum atomic E-state index is 11.1. The van der Waals surface area contributed by atoms with Crippen molar-refractivity contribution in [3.63, 3.8) is 0 Å². The molecule has 0 aromatic heterocycles. The molecule has 1 aliphatic heterocycles. The number of carbonyl (C=O) groups is 1. The molecule has 0 aromatic carbocycles. The first-order valence-corrected chi connectivity index (χ1v) is 4.08. The molecule has 1 aliphatic rings. The molecule has 0 N–H and O–H groups in total. The maximum absolute atomic E-state index is 11.1. The predicted molar refractivity (Wildman–Crippen MR) is 43.6 cm³/mol. The predicted octanol–water partition coefficient (Wildman–Crippen LogP) is 0.226. The molecule has 1 fully saturated rings. The third kappa shape index (κ3) is 1.76. The van der Waals surface area contributed by atoms with Gasteiger partial charge in [-0.1, -0.05) is 0 Å². The third-order valence-corrected chi connectivity index (χ3v) is 2.14. The van der Waals surface area contributed by atoms with Crippen molar-refractivity contribution >= 4 is 5.91 Å². The van der Waals surface area contributed by atoms with Gasteiger partial charge in [-0.25, -0.2) is 0 Å². The van der Waals surface area contributed by atoms with Gasteiger partial charge in [-0.15, -0.1) is 0 Å². The molecule has 0 saturated carbocycles. The molecule has 1 saturated heterocycles. The first-order chi connectivity index (χ1) is 5.66. The summed E-state index contributed by atoms with van der Waals surface area (Å²) >= 11 is 0. The largest absolute Gasteiger partial charge is 0.354 e. The molecule has 70 valence electrons. The maximum Gasteiger partial charge on any atom is 0.219 e. The fourth-order valence-corrected chi connectivity index (χ4v) is 1.47. The van der Waals surface area contributed by atoms with Crippen LogP contribution in [0.15, 0.2) is 0 Å². The first-order valence-electron chi connectivity index (χ1n) is 4.08. The van der Waals surface area contributed by atoms with E-state index in [1.165, 1.54) is 0 Å². The summed E-state index contributed by atoms with van der Waals surface area (Å²) in [4.78, 5) is 12.8. The number of amides is 1. The van der Waals surface area contributed by atoms with Gasteiger partial charge >= 0.3 is 0 Å². The Kier molecular flexibility index (Phi) is 3.05. The van der Waals surface area contributed by atoms with Crippen molar-refractivity contribution in [1.82, 2.24) is 4.90 Å². The van der Waals surface area contributed by atoms with Crippen molar-refractivity contribution in [1.29, 1.82) is 0 Å². The highest BCUT2D eigenvalue weighted by molar-refractivity contribution is 5.73. The van der Waals surface area contributed by atoms with E-state index in [0.29, 0.717) is 13.2 Å². The number of carbonyl (C=O) groups excluding carboxylic acids is 1. The fraction of sp³-hybridized carbons (Fsp3) is 0.875. The van der Waals surface area contributed by atoms with E-state index in [2.05, 4.69) is 0 Å². The minimum absolute atomic E-state index is 0.0150. The SMILES string of the molecule is CO[C@@H]1OCCN(C(C)=O)[C@@H]1C. The molecule has 1 heterocycles. The van der Waals surface area contributed by atoms with Crippen LogP contribution in [0.3, 0.4) is 0 Å². The van der Waals surface area contributed by atoms with Gasteiger partial charge in [-0.3, -0.25) is 4.79 Å². The van der Waals surface area contributed by atoms with E-state index in [9.17, 15) is 4.79 Å². The number of nitrogens with zero attached hydrogens (tertiary/aromatic N) is 1. The summed E-state index contributed by atoms with van der Waals surface area (Å²) < 4.78 is 10.4. The zero-order valence-corrected chi connectivity index (χ0v) is 7.74. The van der Waals surface area contributed by atoms with Gasteiger partial charge < -0.3 is 14.4 Å². The van der Waals surface area contributed by atoms with E-state index in [1.54, 1.807) is 18.9 Å². The lowest BCUT2D eigenvalue weighted by molar-refractivity contribution is -0.195. The lowest BCUT2D eigenvalue weighted by Gasteiger charge is -2.37. The summed E-state index contributed by atoms with van der Waals surface area (Å²) in [6.45, 7) is 4.71. The van der Waals surface area contributed by atoms with Crippen LogP contribution in [-0.2, 0) is 14.3 Å². The van der Waals surface area contributed by atoms with E-state index in [0.717, 1.165) is 0 Å². The summed E-state index contributed by atoms with van der Waals surface area (Å²) in [7, 11) is 1.59. The lowest BCUT2D eigenvalue weighted by Crippen LogP contribution is -2.52. The number of methoxy groups -OCH3 is 1. The topological polar surface area (TPSA) is 38.8 Å². The van der Waals surface area contributed by atoms with Crippen molar-refractivity contribution in [2.75, 3.05) is 20.3 Å². The van der Waals surface area contributed by atoms with Crippen LogP contribution in [0.2, 0.25) is 0 Å². The van der Waals surface area contributed by atoms with Gasteiger partial charge in [0.1, 0.15) is 0 Å². The normalized spacial score (nSPS) is 30.4. The van der Waals surface area contributed by atoms with Crippen molar-refractivity contribution in [2.24, 2.45) is 0 Å². The Morgan fingerprint density at radius 3 is 2.83 bits per heavy atom. The van der Waals surface area contributed by atoms with Gasteiger partial charge in [0, 0.05) is 20.6 Å². The Hall–Kier alpha value is -0.610. The van der Waals surface area contributed by atoms with Crippen molar-refractivity contribution in [3.05, 3.63) is 0 Å². The Morgan fingerprint density at radius 1 is 1.67 bits per heavy atom.